The van der Waals surface area contributed by atoms with Crippen LogP contribution < -0.4 is 15.8 Å². The maximum absolute atomic E-state index is 11.5. The maximum atomic E-state index is 11.5. The summed E-state index contributed by atoms with van der Waals surface area (Å²) >= 11 is 0. The summed E-state index contributed by atoms with van der Waals surface area (Å²) in [6.45, 7) is 0.416. The Kier molecular flexibility index (Phi) is 5.06. The first-order chi connectivity index (χ1) is 8.58. The summed E-state index contributed by atoms with van der Waals surface area (Å²) in [5, 5.41) is 13.2. The molecular weight excluding hydrogens is 238 g/mol. The van der Waals surface area contributed by atoms with Crippen LogP contribution in [0.1, 0.15) is 12.8 Å². The molecule has 7 heteroatoms. The Balaban J connectivity index is 2.87. The molecule has 1 rings (SSSR count). The molecular formula is C11H15N3O4. The lowest BCUT2D eigenvalue weighted by molar-refractivity contribution is -0.384. The quantitative estimate of drug-likeness (QED) is 0.586. The summed E-state index contributed by atoms with van der Waals surface area (Å²) in [5.41, 5.74) is 5.48. The number of carbonyl (C=O) groups excluding carboxylic acids is 1. The van der Waals surface area contributed by atoms with Crippen LogP contribution in [0.2, 0.25) is 0 Å². The largest absolute Gasteiger partial charge is 0.495 e. The minimum Gasteiger partial charge on any atom is -0.495 e. The predicted octanol–water partition coefficient (Wildman–Crippen LogP) is 1.28. The summed E-state index contributed by atoms with van der Waals surface area (Å²) in [5.74, 6) is 0.126. The van der Waals surface area contributed by atoms with Gasteiger partial charge in [-0.25, -0.2) is 0 Å². The fourth-order valence-electron chi connectivity index (χ4n) is 1.38. The Morgan fingerprint density at radius 2 is 2.28 bits per heavy atom. The fourth-order valence-corrected chi connectivity index (χ4v) is 1.38. The van der Waals surface area contributed by atoms with E-state index in [1.165, 1.54) is 25.3 Å². The van der Waals surface area contributed by atoms with E-state index < -0.39 is 4.92 Å². The molecule has 3 N–H and O–H groups in total. The highest BCUT2D eigenvalue weighted by atomic mass is 16.6. The second-order valence-electron chi connectivity index (χ2n) is 3.58. The number of hydrogen-bond acceptors (Lipinski definition) is 5. The number of benzene rings is 1. The van der Waals surface area contributed by atoms with Crippen LogP contribution in [0.5, 0.6) is 5.75 Å². The average molecular weight is 253 g/mol. The van der Waals surface area contributed by atoms with Gasteiger partial charge >= 0.3 is 0 Å². The number of nitro benzene ring substituents is 1. The average Bonchev–Trinajstić information content (AvgIpc) is 2.36. The van der Waals surface area contributed by atoms with E-state index in [4.69, 9.17) is 10.5 Å². The number of rotatable bonds is 6. The molecule has 7 nitrogen and oxygen atoms in total. The normalized spacial score (nSPS) is 9.89. The topological polar surface area (TPSA) is 107 Å². The minimum atomic E-state index is -0.533. The maximum Gasteiger partial charge on any atom is 0.271 e. The summed E-state index contributed by atoms with van der Waals surface area (Å²) in [4.78, 5) is 21.6. The molecule has 98 valence electrons. The van der Waals surface area contributed by atoms with Crippen molar-refractivity contribution in [1.82, 2.24) is 0 Å². The third-order valence-corrected chi connectivity index (χ3v) is 2.28. The van der Waals surface area contributed by atoms with E-state index in [-0.39, 0.29) is 23.7 Å². The molecule has 1 aromatic rings. The van der Waals surface area contributed by atoms with Crippen LogP contribution in [-0.4, -0.2) is 24.5 Å². The number of non-ortho nitro benzene ring substituents is 1. The molecule has 0 heterocycles. The van der Waals surface area contributed by atoms with Crippen molar-refractivity contribution in [2.45, 2.75) is 12.8 Å². The minimum absolute atomic E-state index is 0.107. The zero-order chi connectivity index (χ0) is 13.5. The van der Waals surface area contributed by atoms with E-state index in [1.54, 1.807) is 0 Å². The molecule has 0 radical (unpaired) electrons. The van der Waals surface area contributed by atoms with Crippen molar-refractivity contribution < 1.29 is 14.5 Å². The molecule has 1 amide bonds. The number of amides is 1. The number of anilines is 1. The van der Waals surface area contributed by atoms with Crippen LogP contribution in [0, 0.1) is 10.1 Å². The number of ether oxygens (including phenoxy) is 1. The van der Waals surface area contributed by atoms with E-state index in [1.807, 2.05) is 0 Å². The number of nitro groups is 1. The van der Waals surface area contributed by atoms with Crippen molar-refractivity contribution in [2.24, 2.45) is 5.73 Å². The van der Waals surface area contributed by atoms with Crippen molar-refractivity contribution in [3.63, 3.8) is 0 Å². The lowest BCUT2D eigenvalue weighted by atomic mass is 10.2. The lowest BCUT2D eigenvalue weighted by Crippen LogP contribution is -2.14. The fraction of sp³-hybridized carbons (Fsp3) is 0.364. The van der Waals surface area contributed by atoms with Gasteiger partial charge in [-0.3, -0.25) is 14.9 Å². The molecule has 0 fully saturated rings. The first kappa shape index (κ1) is 13.9. The first-order valence-corrected chi connectivity index (χ1v) is 5.41. The molecule has 0 aromatic heterocycles. The van der Waals surface area contributed by atoms with Crippen LogP contribution in [0.15, 0.2) is 18.2 Å². The summed E-state index contributed by atoms with van der Waals surface area (Å²) < 4.78 is 5.02. The molecule has 0 saturated carbocycles. The zero-order valence-corrected chi connectivity index (χ0v) is 10.0. The third-order valence-electron chi connectivity index (χ3n) is 2.28. The van der Waals surface area contributed by atoms with Crippen LogP contribution in [0.3, 0.4) is 0 Å². The van der Waals surface area contributed by atoms with Crippen LogP contribution in [0.25, 0.3) is 0 Å². The van der Waals surface area contributed by atoms with Crippen molar-refractivity contribution in [3.8, 4) is 5.75 Å². The van der Waals surface area contributed by atoms with Gasteiger partial charge in [0.05, 0.1) is 17.7 Å². The van der Waals surface area contributed by atoms with Crippen LogP contribution in [0.4, 0.5) is 11.4 Å². The number of carbonyl (C=O) groups is 1. The van der Waals surface area contributed by atoms with Crippen molar-refractivity contribution >= 4 is 17.3 Å². The molecule has 0 spiro atoms. The molecule has 0 bridgehead atoms. The monoisotopic (exact) mass is 253 g/mol. The Bertz CT molecular complexity index is 448. The zero-order valence-electron chi connectivity index (χ0n) is 10.0. The smallest absolute Gasteiger partial charge is 0.271 e. The van der Waals surface area contributed by atoms with E-state index in [9.17, 15) is 14.9 Å². The highest BCUT2D eigenvalue weighted by Crippen LogP contribution is 2.28. The van der Waals surface area contributed by atoms with Crippen molar-refractivity contribution in [1.29, 1.82) is 0 Å². The Hall–Kier alpha value is -2.15. The molecule has 0 atom stereocenters. The number of methoxy groups -OCH3 is 1. The molecule has 0 saturated heterocycles. The van der Waals surface area contributed by atoms with E-state index in [0.717, 1.165) is 0 Å². The number of nitrogens with one attached hydrogen (secondary N) is 1. The molecule has 0 aliphatic heterocycles. The summed E-state index contributed by atoms with van der Waals surface area (Å²) in [6.07, 6.45) is 0.825. The standard InChI is InChI=1S/C11H15N3O4/c1-18-10-5-4-8(14(16)17)7-9(10)13-11(15)3-2-6-12/h4-5,7H,2-3,6,12H2,1H3,(H,13,15). The van der Waals surface area contributed by atoms with Crippen molar-refractivity contribution in [2.75, 3.05) is 19.0 Å². The van der Waals surface area contributed by atoms with Gasteiger partial charge < -0.3 is 15.8 Å². The number of hydrogen-bond donors (Lipinski definition) is 2. The first-order valence-electron chi connectivity index (χ1n) is 5.41. The third kappa shape index (κ3) is 3.70. The van der Waals surface area contributed by atoms with Crippen LogP contribution in [-0.2, 0) is 4.79 Å². The highest BCUT2D eigenvalue weighted by Gasteiger charge is 2.13. The number of nitrogens with two attached hydrogens (primary N) is 1. The van der Waals surface area contributed by atoms with Gasteiger partial charge in [-0.05, 0) is 19.0 Å². The summed E-state index contributed by atoms with van der Waals surface area (Å²) in [6, 6.07) is 4.02. The number of nitrogens with zero attached hydrogens (tertiary/aromatic N) is 1. The second kappa shape index (κ2) is 6.55. The Morgan fingerprint density at radius 3 is 2.83 bits per heavy atom. The molecule has 0 unspecified atom stereocenters. The van der Waals surface area contributed by atoms with Gasteiger partial charge in [0.2, 0.25) is 5.91 Å². The Labute approximate surface area is 104 Å². The van der Waals surface area contributed by atoms with Crippen molar-refractivity contribution in [3.05, 3.63) is 28.3 Å². The van der Waals surface area contributed by atoms with Crippen LogP contribution >= 0.6 is 0 Å². The van der Waals surface area contributed by atoms with Gasteiger partial charge in [-0.2, -0.15) is 0 Å². The van der Waals surface area contributed by atoms with Gasteiger partial charge in [0.25, 0.3) is 5.69 Å². The lowest BCUT2D eigenvalue weighted by Gasteiger charge is -2.09. The van der Waals surface area contributed by atoms with Gasteiger partial charge in [-0.1, -0.05) is 0 Å². The van der Waals surface area contributed by atoms with Gasteiger partial charge in [0.15, 0.2) is 0 Å². The molecule has 0 aliphatic rings. The van der Waals surface area contributed by atoms with E-state index >= 15 is 0 Å². The SMILES string of the molecule is COc1ccc([N+](=O)[O-])cc1NC(=O)CCCN. The van der Waals surface area contributed by atoms with E-state index in [2.05, 4.69) is 5.32 Å². The van der Waals surface area contributed by atoms with Gasteiger partial charge in [0.1, 0.15) is 5.75 Å². The molecule has 0 aliphatic carbocycles. The van der Waals surface area contributed by atoms with Gasteiger partial charge in [0, 0.05) is 18.6 Å². The summed E-state index contributed by atoms with van der Waals surface area (Å²) in [7, 11) is 1.43. The van der Waals surface area contributed by atoms with Gasteiger partial charge in [-0.15, -0.1) is 0 Å². The second-order valence-corrected chi connectivity index (χ2v) is 3.58. The molecule has 18 heavy (non-hydrogen) atoms. The highest BCUT2D eigenvalue weighted by molar-refractivity contribution is 5.92. The predicted molar refractivity (Wildman–Crippen MR) is 66.6 cm³/mol. The van der Waals surface area contributed by atoms with E-state index in [0.29, 0.717) is 18.7 Å². The Morgan fingerprint density at radius 1 is 1.56 bits per heavy atom. The molecule has 1 aromatic carbocycles.